The Balaban J connectivity index is 3.09. The van der Waals surface area contributed by atoms with Gasteiger partial charge >= 0.3 is 5.97 Å². The van der Waals surface area contributed by atoms with Gasteiger partial charge in [-0.15, -0.1) is 0 Å². The van der Waals surface area contributed by atoms with Crippen LogP contribution >= 0.6 is 0 Å². The van der Waals surface area contributed by atoms with Gasteiger partial charge in [-0.3, -0.25) is 0 Å². The van der Waals surface area contributed by atoms with Crippen LogP contribution in [0.3, 0.4) is 0 Å². The van der Waals surface area contributed by atoms with Crippen LogP contribution in [0.25, 0.3) is 0 Å². The number of carbonyl (C=O) groups is 1. The summed E-state index contributed by atoms with van der Waals surface area (Å²) in [6, 6.07) is 6.75. The van der Waals surface area contributed by atoms with Gasteiger partial charge in [0.05, 0.1) is 19.3 Å². The summed E-state index contributed by atoms with van der Waals surface area (Å²) in [5.74, 6) is -0.238. The quantitative estimate of drug-likeness (QED) is 0.363. The highest BCUT2D eigenvalue weighted by atomic mass is 16.5. The summed E-state index contributed by atoms with van der Waals surface area (Å²) in [4.78, 5) is 11.5. The fourth-order valence-electron chi connectivity index (χ4n) is 1.24. The van der Waals surface area contributed by atoms with Crippen LogP contribution in [-0.4, -0.2) is 30.6 Å². The monoisotopic (exact) mass is 223 g/mol. The number of methoxy groups -OCH3 is 1. The zero-order valence-electron chi connectivity index (χ0n) is 9.14. The van der Waals surface area contributed by atoms with E-state index >= 15 is 0 Å². The van der Waals surface area contributed by atoms with E-state index in [0.717, 1.165) is 0 Å². The van der Waals surface area contributed by atoms with Crippen LogP contribution in [0.2, 0.25) is 0 Å². The van der Waals surface area contributed by atoms with Crippen molar-refractivity contribution in [3.8, 4) is 5.75 Å². The number of ether oxygens (including phenoxy) is 2. The lowest BCUT2D eigenvalue weighted by atomic mass is 10.1. The van der Waals surface area contributed by atoms with Crippen LogP contribution in [0.15, 0.2) is 29.4 Å². The van der Waals surface area contributed by atoms with E-state index in [4.69, 9.17) is 14.7 Å². The number of benzene rings is 1. The first-order valence-corrected chi connectivity index (χ1v) is 4.77. The van der Waals surface area contributed by atoms with E-state index in [1.54, 1.807) is 31.2 Å². The molecule has 5 nitrogen and oxygen atoms in total. The minimum atomic E-state index is -0.686. The normalized spacial score (nSPS) is 11.0. The third-order valence-electron chi connectivity index (χ3n) is 1.93. The summed E-state index contributed by atoms with van der Waals surface area (Å²) < 4.78 is 9.82. The fraction of sp³-hybridized carbons (Fsp3) is 0.273. The van der Waals surface area contributed by atoms with E-state index in [1.807, 2.05) is 0 Å². The molecule has 0 radical (unpaired) electrons. The highest BCUT2D eigenvalue weighted by Crippen LogP contribution is 2.18. The molecule has 0 aliphatic heterocycles. The maximum atomic E-state index is 11.5. The van der Waals surface area contributed by atoms with Gasteiger partial charge in [-0.05, 0) is 19.1 Å². The highest BCUT2D eigenvalue weighted by Gasteiger charge is 2.19. The maximum Gasteiger partial charge on any atom is 0.361 e. The molecule has 0 bridgehead atoms. The number of rotatable bonds is 4. The zero-order valence-corrected chi connectivity index (χ0v) is 9.14. The predicted molar refractivity (Wildman–Crippen MR) is 58.0 cm³/mol. The van der Waals surface area contributed by atoms with Crippen molar-refractivity contribution in [3.63, 3.8) is 0 Å². The number of oxime groups is 1. The van der Waals surface area contributed by atoms with Gasteiger partial charge in [0.2, 0.25) is 0 Å². The Morgan fingerprint density at radius 3 is 2.69 bits per heavy atom. The number of carbonyl (C=O) groups excluding carboxylic acids is 1. The molecule has 0 fully saturated rings. The van der Waals surface area contributed by atoms with Crippen LogP contribution < -0.4 is 4.74 Å². The first kappa shape index (κ1) is 12.0. The van der Waals surface area contributed by atoms with Gasteiger partial charge in [0.1, 0.15) is 5.75 Å². The molecule has 1 aromatic rings. The molecular formula is C11H13NO4. The summed E-state index contributed by atoms with van der Waals surface area (Å²) >= 11 is 0. The lowest BCUT2D eigenvalue weighted by Gasteiger charge is -2.08. The van der Waals surface area contributed by atoms with Gasteiger partial charge in [-0.25, -0.2) is 4.79 Å². The third kappa shape index (κ3) is 2.50. The Kier molecular flexibility index (Phi) is 4.32. The average Bonchev–Trinajstić information content (AvgIpc) is 2.31. The largest absolute Gasteiger partial charge is 0.496 e. The van der Waals surface area contributed by atoms with Crippen LogP contribution in [0.1, 0.15) is 12.5 Å². The molecule has 0 saturated carbocycles. The van der Waals surface area contributed by atoms with E-state index < -0.39 is 5.97 Å². The van der Waals surface area contributed by atoms with Crippen molar-refractivity contribution < 1.29 is 19.5 Å². The van der Waals surface area contributed by atoms with Crippen molar-refractivity contribution in [1.82, 2.24) is 0 Å². The summed E-state index contributed by atoms with van der Waals surface area (Å²) in [7, 11) is 1.47. The molecule has 0 aliphatic rings. The van der Waals surface area contributed by atoms with Crippen molar-refractivity contribution in [1.29, 1.82) is 0 Å². The average molecular weight is 223 g/mol. The molecule has 0 saturated heterocycles. The first-order valence-electron chi connectivity index (χ1n) is 4.77. The Hall–Kier alpha value is -2.04. The molecular weight excluding hydrogens is 210 g/mol. The zero-order chi connectivity index (χ0) is 12.0. The van der Waals surface area contributed by atoms with Crippen molar-refractivity contribution in [2.45, 2.75) is 6.92 Å². The second kappa shape index (κ2) is 5.75. The summed E-state index contributed by atoms with van der Waals surface area (Å²) in [6.07, 6.45) is 0. The molecule has 5 heteroatoms. The molecule has 86 valence electrons. The molecule has 16 heavy (non-hydrogen) atoms. The standard InChI is InChI=1S/C11H13NO4/c1-3-16-11(13)10(12-14)8-6-4-5-7-9(8)15-2/h4-7,14H,3H2,1-2H3/b12-10+. The molecule has 0 unspecified atom stereocenters. The van der Waals surface area contributed by atoms with E-state index in [1.165, 1.54) is 7.11 Å². The van der Waals surface area contributed by atoms with Crippen LogP contribution in [-0.2, 0) is 9.53 Å². The van der Waals surface area contributed by atoms with Gasteiger partial charge in [0.25, 0.3) is 0 Å². The van der Waals surface area contributed by atoms with Gasteiger partial charge in [0, 0.05) is 0 Å². The second-order valence-corrected chi connectivity index (χ2v) is 2.87. The summed E-state index contributed by atoms with van der Waals surface area (Å²) in [5.41, 5.74) is 0.227. The smallest absolute Gasteiger partial charge is 0.361 e. The molecule has 1 N–H and O–H groups in total. The van der Waals surface area contributed by atoms with Crippen LogP contribution in [0.5, 0.6) is 5.75 Å². The van der Waals surface area contributed by atoms with E-state index in [0.29, 0.717) is 11.3 Å². The number of para-hydroxylation sites is 1. The number of hydrogen-bond acceptors (Lipinski definition) is 5. The van der Waals surface area contributed by atoms with Crippen molar-refractivity contribution in [2.24, 2.45) is 5.16 Å². The van der Waals surface area contributed by atoms with Crippen molar-refractivity contribution in [3.05, 3.63) is 29.8 Å². The van der Waals surface area contributed by atoms with Gasteiger partial charge in [-0.1, -0.05) is 17.3 Å². The van der Waals surface area contributed by atoms with Gasteiger partial charge in [-0.2, -0.15) is 0 Å². The summed E-state index contributed by atoms with van der Waals surface area (Å²) in [5, 5.41) is 11.8. The predicted octanol–water partition coefficient (Wildman–Crippen LogP) is 1.44. The molecule has 0 amide bonds. The Morgan fingerprint density at radius 1 is 1.44 bits per heavy atom. The number of nitrogens with zero attached hydrogens (tertiary/aromatic N) is 1. The Morgan fingerprint density at radius 2 is 2.12 bits per heavy atom. The highest BCUT2D eigenvalue weighted by molar-refractivity contribution is 6.43. The van der Waals surface area contributed by atoms with Crippen molar-refractivity contribution in [2.75, 3.05) is 13.7 Å². The third-order valence-corrected chi connectivity index (χ3v) is 1.93. The van der Waals surface area contributed by atoms with E-state index in [9.17, 15) is 4.79 Å². The van der Waals surface area contributed by atoms with Gasteiger partial charge < -0.3 is 14.7 Å². The molecule has 0 aromatic heterocycles. The maximum absolute atomic E-state index is 11.5. The summed E-state index contributed by atoms with van der Waals surface area (Å²) in [6.45, 7) is 1.89. The molecule has 0 aliphatic carbocycles. The van der Waals surface area contributed by atoms with Gasteiger partial charge in [0.15, 0.2) is 5.71 Å². The molecule has 1 rings (SSSR count). The Bertz CT molecular complexity index is 401. The first-order chi connectivity index (χ1) is 7.74. The Labute approximate surface area is 93.3 Å². The number of hydrogen-bond donors (Lipinski definition) is 1. The second-order valence-electron chi connectivity index (χ2n) is 2.87. The fourth-order valence-corrected chi connectivity index (χ4v) is 1.24. The minimum absolute atomic E-state index is 0.167. The lowest BCUT2D eigenvalue weighted by molar-refractivity contribution is -0.135. The molecule has 0 atom stereocenters. The van der Waals surface area contributed by atoms with E-state index in [2.05, 4.69) is 5.16 Å². The van der Waals surface area contributed by atoms with Crippen molar-refractivity contribution >= 4 is 11.7 Å². The molecule has 0 spiro atoms. The van der Waals surface area contributed by atoms with Crippen LogP contribution in [0.4, 0.5) is 0 Å². The minimum Gasteiger partial charge on any atom is -0.496 e. The SMILES string of the molecule is CCOC(=O)/C(=N/O)c1ccccc1OC. The van der Waals surface area contributed by atoms with E-state index in [-0.39, 0.29) is 12.3 Å². The lowest BCUT2D eigenvalue weighted by Crippen LogP contribution is -2.19. The topological polar surface area (TPSA) is 68.1 Å². The molecule has 0 heterocycles. The van der Waals surface area contributed by atoms with Crippen LogP contribution in [0, 0.1) is 0 Å². The molecule has 1 aromatic carbocycles. The number of esters is 1.